The maximum atomic E-state index is 12.5. The molecule has 2 N–H and O–H groups in total. The molecular weight excluding hydrogens is 312 g/mol. The lowest BCUT2D eigenvalue weighted by molar-refractivity contribution is 0.0936. The molecule has 0 bridgehead atoms. The highest BCUT2D eigenvalue weighted by Crippen LogP contribution is 2.22. The van der Waals surface area contributed by atoms with E-state index in [1.54, 1.807) is 17.6 Å². The van der Waals surface area contributed by atoms with Gasteiger partial charge in [-0.3, -0.25) is 4.79 Å². The second-order valence-electron chi connectivity index (χ2n) is 5.41. The molecular formula is C17H18N2O3S. The molecule has 0 saturated heterocycles. The maximum absolute atomic E-state index is 12.5. The average molecular weight is 330 g/mol. The topological polar surface area (TPSA) is 71.5 Å². The minimum absolute atomic E-state index is 0.0498. The quantitative estimate of drug-likeness (QED) is 0.798. The summed E-state index contributed by atoms with van der Waals surface area (Å²) < 4.78 is 5.73. The number of thiazole rings is 1. The first-order valence-electron chi connectivity index (χ1n) is 7.45. The first-order chi connectivity index (χ1) is 11.3. The fraction of sp³-hybridized carbons (Fsp3) is 0.294. The van der Waals surface area contributed by atoms with Crippen molar-refractivity contribution in [3.63, 3.8) is 0 Å². The van der Waals surface area contributed by atoms with E-state index in [9.17, 15) is 4.79 Å². The number of nitrogens with zero attached hydrogens (tertiary/aromatic N) is 1. The molecule has 1 aliphatic rings. The summed E-state index contributed by atoms with van der Waals surface area (Å²) in [6, 6.07) is 7.12. The third kappa shape index (κ3) is 3.97. The minimum Gasteiger partial charge on any atom is -0.486 e. The van der Waals surface area contributed by atoms with Gasteiger partial charge in [0, 0.05) is 23.9 Å². The number of rotatable bonds is 6. The van der Waals surface area contributed by atoms with Crippen LogP contribution in [0, 0.1) is 5.92 Å². The summed E-state index contributed by atoms with van der Waals surface area (Å²) in [5, 5.41) is 14.0. The molecule has 0 aliphatic heterocycles. The van der Waals surface area contributed by atoms with Gasteiger partial charge in [0.25, 0.3) is 5.91 Å². The summed E-state index contributed by atoms with van der Waals surface area (Å²) in [7, 11) is 0. The van der Waals surface area contributed by atoms with E-state index in [-0.39, 0.29) is 24.5 Å². The summed E-state index contributed by atoms with van der Waals surface area (Å²) in [5.41, 5.74) is 3.10. The zero-order chi connectivity index (χ0) is 16.1. The van der Waals surface area contributed by atoms with Gasteiger partial charge in [-0.25, -0.2) is 4.98 Å². The number of ether oxygens (including phenoxy) is 1. The zero-order valence-electron chi connectivity index (χ0n) is 12.5. The Morgan fingerprint density at radius 2 is 2.26 bits per heavy atom. The van der Waals surface area contributed by atoms with E-state index in [0.29, 0.717) is 17.9 Å². The summed E-state index contributed by atoms with van der Waals surface area (Å²) in [6.45, 7) is 0.444. The van der Waals surface area contributed by atoms with Crippen LogP contribution in [-0.2, 0) is 6.61 Å². The van der Waals surface area contributed by atoms with E-state index in [2.05, 4.69) is 10.3 Å². The van der Waals surface area contributed by atoms with Crippen molar-refractivity contribution >= 4 is 17.2 Å². The number of hydrogen-bond acceptors (Lipinski definition) is 5. The van der Waals surface area contributed by atoms with Crippen LogP contribution in [0.2, 0.25) is 0 Å². The molecule has 1 aliphatic carbocycles. The van der Waals surface area contributed by atoms with Crippen LogP contribution in [0.5, 0.6) is 5.75 Å². The van der Waals surface area contributed by atoms with Gasteiger partial charge < -0.3 is 15.2 Å². The monoisotopic (exact) mass is 330 g/mol. The molecule has 0 fully saturated rings. The number of amides is 1. The predicted octanol–water partition coefficient (Wildman–Crippen LogP) is 2.39. The lowest BCUT2D eigenvalue weighted by Crippen LogP contribution is -2.33. The molecule has 1 heterocycles. The standard InChI is InChI=1S/C17H18N2O3S/c20-8-12-5-6-13(7-12)19-17(21)15-3-1-2-4-16(15)22-9-14-10-23-11-18-14/h1-6,10-13,20H,7-9H2,(H,19,21)/t12-,13+/m0/s1. The van der Waals surface area contributed by atoms with Gasteiger partial charge in [0.05, 0.1) is 16.8 Å². The molecule has 5 nitrogen and oxygen atoms in total. The number of benzene rings is 1. The minimum atomic E-state index is -0.174. The molecule has 1 aromatic heterocycles. The van der Waals surface area contributed by atoms with Crippen LogP contribution in [0.3, 0.4) is 0 Å². The summed E-state index contributed by atoms with van der Waals surface area (Å²) in [4.78, 5) is 16.6. The Balaban J connectivity index is 1.65. The molecule has 3 rings (SSSR count). The van der Waals surface area contributed by atoms with Crippen LogP contribution >= 0.6 is 11.3 Å². The molecule has 1 amide bonds. The number of aliphatic hydroxyl groups is 1. The fourth-order valence-corrected chi connectivity index (χ4v) is 3.05. The molecule has 0 unspecified atom stereocenters. The Hall–Kier alpha value is -2.18. The molecule has 2 aromatic rings. The number of aliphatic hydroxyl groups excluding tert-OH is 1. The van der Waals surface area contributed by atoms with Crippen molar-refractivity contribution in [3.8, 4) is 5.75 Å². The number of carbonyl (C=O) groups excluding carboxylic acids is 1. The second kappa shape index (κ2) is 7.39. The fourth-order valence-electron chi connectivity index (χ4n) is 2.50. The van der Waals surface area contributed by atoms with Crippen LogP contribution in [0.15, 0.2) is 47.3 Å². The van der Waals surface area contributed by atoms with E-state index in [1.807, 2.05) is 29.7 Å². The van der Waals surface area contributed by atoms with E-state index in [1.165, 1.54) is 11.3 Å². The van der Waals surface area contributed by atoms with E-state index < -0.39 is 0 Å². The van der Waals surface area contributed by atoms with Gasteiger partial charge in [0.2, 0.25) is 0 Å². The van der Waals surface area contributed by atoms with Crippen molar-refractivity contribution in [1.29, 1.82) is 0 Å². The van der Waals surface area contributed by atoms with Gasteiger partial charge in [0.1, 0.15) is 12.4 Å². The number of hydrogen-bond donors (Lipinski definition) is 2. The first-order valence-corrected chi connectivity index (χ1v) is 8.39. The Labute approximate surface area is 138 Å². The number of para-hydroxylation sites is 1. The highest BCUT2D eigenvalue weighted by atomic mass is 32.1. The molecule has 0 saturated carbocycles. The molecule has 23 heavy (non-hydrogen) atoms. The molecule has 0 radical (unpaired) electrons. The van der Waals surface area contributed by atoms with Gasteiger partial charge in [-0.15, -0.1) is 11.3 Å². The van der Waals surface area contributed by atoms with E-state index in [4.69, 9.17) is 9.84 Å². The average Bonchev–Trinajstić information content (AvgIpc) is 3.24. The van der Waals surface area contributed by atoms with Crippen LogP contribution in [0.25, 0.3) is 0 Å². The van der Waals surface area contributed by atoms with Gasteiger partial charge in [0.15, 0.2) is 0 Å². The predicted molar refractivity (Wildman–Crippen MR) is 88.5 cm³/mol. The molecule has 2 atom stereocenters. The van der Waals surface area contributed by atoms with Crippen molar-refractivity contribution in [2.24, 2.45) is 5.92 Å². The third-order valence-electron chi connectivity index (χ3n) is 3.71. The van der Waals surface area contributed by atoms with Crippen LogP contribution in [0.1, 0.15) is 22.5 Å². The molecule has 120 valence electrons. The van der Waals surface area contributed by atoms with E-state index in [0.717, 1.165) is 12.1 Å². The number of aromatic nitrogens is 1. The second-order valence-corrected chi connectivity index (χ2v) is 6.13. The van der Waals surface area contributed by atoms with Gasteiger partial charge in [-0.1, -0.05) is 24.3 Å². The van der Waals surface area contributed by atoms with Gasteiger partial charge >= 0.3 is 0 Å². The lowest BCUT2D eigenvalue weighted by Gasteiger charge is -2.15. The highest BCUT2D eigenvalue weighted by molar-refractivity contribution is 7.07. The van der Waals surface area contributed by atoms with Crippen molar-refractivity contribution in [3.05, 3.63) is 58.6 Å². The Morgan fingerprint density at radius 3 is 3.00 bits per heavy atom. The maximum Gasteiger partial charge on any atom is 0.255 e. The summed E-state index contributed by atoms with van der Waals surface area (Å²) in [5.74, 6) is 0.488. The first kappa shape index (κ1) is 15.7. The summed E-state index contributed by atoms with van der Waals surface area (Å²) >= 11 is 1.51. The highest BCUT2D eigenvalue weighted by Gasteiger charge is 2.21. The van der Waals surface area contributed by atoms with Gasteiger partial charge in [-0.05, 0) is 18.6 Å². The van der Waals surface area contributed by atoms with Gasteiger partial charge in [-0.2, -0.15) is 0 Å². The van der Waals surface area contributed by atoms with Crippen molar-refractivity contribution in [2.45, 2.75) is 19.1 Å². The normalized spacial score (nSPS) is 19.7. The summed E-state index contributed by atoms with van der Waals surface area (Å²) in [6.07, 6.45) is 4.59. The van der Waals surface area contributed by atoms with Crippen LogP contribution in [-0.4, -0.2) is 28.6 Å². The van der Waals surface area contributed by atoms with Crippen molar-refractivity contribution in [1.82, 2.24) is 10.3 Å². The van der Waals surface area contributed by atoms with Crippen molar-refractivity contribution < 1.29 is 14.6 Å². The number of carbonyl (C=O) groups is 1. The van der Waals surface area contributed by atoms with Crippen molar-refractivity contribution in [2.75, 3.05) is 6.61 Å². The smallest absolute Gasteiger partial charge is 0.255 e. The van der Waals surface area contributed by atoms with Crippen LogP contribution < -0.4 is 10.1 Å². The Bertz CT molecular complexity index is 685. The third-order valence-corrected chi connectivity index (χ3v) is 4.35. The molecule has 6 heteroatoms. The van der Waals surface area contributed by atoms with E-state index >= 15 is 0 Å². The SMILES string of the molecule is O=C(N[C@@H]1C=C[C@H](CO)C1)c1ccccc1OCc1cscn1. The Kier molecular flexibility index (Phi) is 5.05. The molecule has 1 aromatic carbocycles. The number of nitrogens with one attached hydrogen (secondary N) is 1. The molecule has 0 spiro atoms. The largest absolute Gasteiger partial charge is 0.486 e. The Morgan fingerprint density at radius 1 is 1.39 bits per heavy atom. The zero-order valence-corrected chi connectivity index (χ0v) is 13.3. The van der Waals surface area contributed by atoms with Crippen LogP contribution in [0.4, 0.5) is 0 Å². The lowest BCUT2D eigenvalue weighted by atomic mass is 10.1.